The molecular weight excluding hydrogens is 338 g/mol. The molecule has 0 bridgehead atoms. The number of ether oxygens (including phenoxy) is 1. The van der Waals surface area contributed by atoms with E-state index in [1.54, 1.807) is 21.9 Å². The molecule has 9 heteroatoms. The van der Waals surface area contributed by atoms with E-state index in [2.05, 4.69) is 15.0 Å². The lowest BCUT2D eigenvalue weighted by Gasteiger charge is -2.21. The predicted octanol–water partition coefficient (Wildman–Crippen LogP) is 0.162. The number of nitrogens with one attached hydrogen (secondary N) is 1. The highest BCUT2D eigenvalue weighted by Crippen LogP contribution is 2.14. The van der Waals surface area contributed by atoms with Gasteiger partial charge in [0.1, 0.15) is 11.4 Å². The second-order valence-corrected chi connectivity index (χ2v) is 5.79. The van der Waals surface area contributed by atoms with Crippen LogP contribution in [0.25, 0.3) is 0 Å². The highest BCUT2D eigenvalue weighted by molar-refractivity contribution is 5.93. The Hall–Kier alpha value is -3.23. The first-order chi connectivity index (χ1) is 12.6. The van der Waals surface area contributed by atoms with Crippen LogP contribution in [0.1, 0.15) is 27.4 Å². The second-order valence-electron chi connectivity index (χ2n) is 5.79. The fourth-order valence-electron chi connectivity index (χ4n) is 2.79. The van der Waals surface area contributed by atoms with Gasteiger partial charge in [-0.05, 0) is 12.5 Å². The summed E-state index contributed by atoms with van der Waals surface area (Å²) in [6.45, 7) is 1.63. The molecule has 1 N–H and O–H groups in total. The zero-order chi connectivity index (χ0) is 18.5. The predicted molar refractivity (Wildman–Crippen MR) is 92.1 cm³/mol. The van der Waals surface area contributed by atoms with Crippen molar-refractivity contribution in [2.75, 3.05) is 33.3 Å². The van der Waals surface area contributed by atoms with E-state index in [9.17, 15) is 14.4 Å². The number of H-pyrrole nitrogens is 1. The maximum Gasteiger partial charge on any atom is 0.279 e. The highest BCUT2D eigenvalue weighted by atomic mass is 16.5. The van der Waals surface area contributed by atoms with Gasteiger partial charge in [-0.2, -0.15) is 0 Å². The van der Waals surface area contributed by atoms with Crippen molar-refractivity contribution in [3.05, 3.63) is 52.5 Å². The minimum Gasteiger partial charge on any atom is -0.497 e. The van der Waals surface area contributed by atoms with Crippen LogP contribution in [0, 0.1) is 0 Å². The summed E-state index contributed by atoms with van der Waals surface area (Å²) in [5, 5.41) is 0. The maximum atomic E-state index is 12.7. The van der Waals surface area contributed by atoms with Crippen molar-refractivity contribution in [2.45, 2.75) is 6.42 Å². The molecule has 9 nitrogen and oxygen atoms in total. The standard InChI is InChI=1S/C17H19N5O4/c1-26-12-3-4-18-13(11-12)16(24)21-7-2-8-22(10-9-21)17(25)14-15(23)20-6-5-19-14/h3-6,11H,2,7-10H2,1H3,(H,20,23). The van der Waals surface area contributed by atoms with Crippen molar-refractivity contribution in [2.24, 2.45) is 0 Å². The molecule has 3 rings (SSSR count). The molecule has 2 amide bonds. The molecule has 3 heterocycles. The van der Waals surface area contributed by atoms with Crippen LogP contribution in [-0.4, -0.2) is 69.9 Å². The van der Waals surface area contributed by atoms with Crippen molar-refractivity contribution in [1.82, 2.24) is 24.8 Å². The lowest BCUT2D eigenvalue weighted by Crippen LogP contribution is -2.39. The number of rotatable bonds is 3. The molecule has 26 heavy (non-hydrogen) atoms. The molecule has 136 valence electrons. The van der Waals surface area contributed by atoms with E-state index in [1.165, 1.54) is 25.7 Å². The van der Waals surface area contributed by atoms with Gasteiger partial charge in [0.05, 0.1) is 7.11 Å². The molecular formula is C17H19N5O4. The number of hydrogen-bond acceptors (Lipinski definition) is 6. The van der Waals surface area contributed by atoms with Crippen molar-refractivity contribution >= 4 is 11.8 Å². The van der Waals surface area contributed by atoms with E-state index in [0.717, 1.165) is 0 Å². The minimum absolute atomic E-state index is 0.137. The number of nitrogens with zero attached hydrogens (tertiary/aromatic N) is 4. The summed E-state index contributed by atoms with van der Waals surface area (Å²) in [6.07, 6.45) is 4.87. The van der Waals surface area contributed by atoms with E-state index >= 15 is 0 Å². The molecule has 0 spiro atoms. The molecule has 1 aliphatic rings. The Kier molecular flexibility index (Phi) is 5.26. The van der Waals surface area contributed by atoms with Crippen LogP contribution in [-0.2, 0) is 0 Å². The van der Waals surface area contributed by atoms with Gasteiger partial charge in [0.15, 0.2) is 5.69 Å². The smallest absolute Gasteiger partial charge is 0.279 e. The van der Waals surface area contributed by atoms with Gasteiger partial charge in [0, 0.05) is 50.8 Å². The van der Waals surface area contributed by atoms with Crippen LogP contribution in [0.5, 0.6) is 5.75 Å². The largest absolute Gasteiger partial charge is 0.497 e. The third-order valence-electron chi connectivity index (χ3n) is 4.17. The zero-order valence-corrected chi connectivity index (χ0v) is 14.3. The molecule has 0 saturated carbocycles. The quantitative estimate of drug-likeness (QED) is 0.838. The molecule has 1 saturated heterocycles. The molecule has 2 aromatic rings. The van der Waals surface area contributed by atoms with Gasteiger partial charge >= 0.3 is 0 Å². The van der Waals surface area contributed by atoms with Gasteiger partial charge in [-0.25, -0.2) is 4.98 Å². The van der Waals surface area contributed by atoms with Gasteiger partial charge < -0.3 is 19.5 Å². The van der Waals surface area contributed by atoms with Crippen molar-refractivity contribution in [3.63, 3.8) is 0 Å². The van der Waals surface area contributed by atoms with E-state index < -0.39 is 11.5 Å². The Labute approximate surface area is 149 Å². The van der Waals surface area contributed by atoms with Gasteiger partial charge in [0.2, 0.25) is 0 Å². The molecule has 0 unspecified atom stereocenters. The summed E-state index contributed by atoms with van der Waals surface area (Å²) in [5.74, 6) is -0.0844. The fourth-order valence-corrected chi connectivity index (χ4v) is 2.79. The van der Waals surface area contributed by atoms with Crippen molar-refractivity contribution < 1.29 is 14.3 Å². The first-order valence-corrected chi connectivity index (χ1v) is 8.22. The second kappa shape index (κ2) is 7.77. The molecule has 2 aromatic heterocycles. The van der Waals surface area contributed by atoms with Crippen LogP contribution < -0.4 is 10.3 Å². The molecule has 1 fully saturated rings. The molecule has 0 radical (unpaired) electrons. The molecule has 0 aromatic carbocycles. The van der Waals surface area contributed by atoms with Gasteiger partial charge in [-0.15, -0.1) is 0 Å². The number of carbonyl (C=O) groups is 2. The Balaban J connectivity index is 1.70. The molecule has 1 aliphatic heterocycles. The normalized spacial score (nSPS) is 14.7. The lowest BCUT2D eigenvalue weighted by atomic mass is 10.3. The number of aromatic nitrogens is 3. The third-order valence-corrected chi connectivity index (χ3v) is 4.17. The topological polar surface area (TPSA) is 108 Å². The summed E-state index contributed by atoms with van der Waals surface area (Å²) in [5.41, 5.74) is -0.359. The van der Waals surface area contributed by atoms with E-state index in [-0.39, 0.29) is 11.6 Å². The monoisotopic (exact) mass is 357 g/mol. The first-order valence-electron chi connectivity index (χ1n) is 8.22. The fraction of sp³-hybridized carbons (Fsp3) is 0.353. The van der Waals surface area contributed by atoms with Gasteiger partial charge in [-0.3, -0.25) is 19.4 Å². The first kappa shape index (κ1) is 17.6. The van der Waals surface area contributed by atoms with E-state index in [0.29, 0.717) is 44.0 Å². The summed E-state index contributed by atoms with van der Waals surface area (Å²) in [7, 11) is 1.53. The summed E-state index contributed by atoms with van der Waals surface area (Å²) in [6, 6.07) is 3.26. The minimum atomic E-state index is -0.518. The van der Waals surface area contributed by atoms with Gasteiger partial charge in [-0.1, -0.05) is 0 Å². The van der Waals surface area contributed by atoms with E-state index in [1.807, 2.05) is 0 Å². The number of aromatic amines is 1. The Bertz CT molecular complexity index is 866. The SMILES string of the molecule is COc1ccnc(C(=O)N2CCCN(C(=O)c3ncc[nH]c3=O)CC2)c1. The number of carbonyl (C=O) groups excluding carboxylic acids is 2. The number of hydrogen-bond donors (Lipinski definition) is 1. The Morgan fingerprint density at radius 2 is 1.81 bits per heavy atom. The van der Waals surface area contributed by atoms with Crippen LogP contribution in [0.4, 0.5) is 0 Å². The highest BCUT2D eigenvalue weighted by Gasteiger charge is 2.26. The Morgan fingerprint density at radius 3 is 2.50 bits per heavy atom. The molecule has 0 atom stereocenters. The zero-order valence-electron chi connectivity index (χ0n) is 14.3. The molecule has 0 aliphatic carbocycles. The number of amides is 2. The number of methoxy groups -OCH3 is 1. The average Bonchev–Trinajstić information content (AvgIpc) is 2.93. The van der Waals surface area contributed by atoms with Crippen molar-refractivity contribution in [1.29, 1.82) is 0 Å². The summed E-state index contributed by atoms with van der Waals surface area (Å²) >= 11 is 0. The van der Waals surface area contributed by atoms with Crippen LogP contribution in [0.3, 0.4) is 0 Å². The third kappa shape index (κ3) is 3.71. The lowest BCUT2D eigenvalue weighted by molar-refractivity contribution is 0.0711. The average molecular weight is 357 g/mol. The summed E-state index contributed by atoms with van der Waals surface area (Å²) in [4.78, 5) is 50.5. The summed E-state index contributed by atoms with van der Waals surface area (Å²) < 4.78 is 5.12. The van der Waals surface area contributed by atoms with Crippen LogP contribution >= 0.6 is 0 Å². The maximum absolute atomic E-state index is 12.7. The van der Waals surface area contributed by atoms with Gasteiger partial charge in [0.25, 0.3) is 17.4 Å². The van der Waals surface area contributed by atoms with E-state index in [4.69, 9.17) is 4.74 Å². The Morgan fingerprint density at radius 1 is 1.08 bits per heavy atom. The number of pyridine rings is 1. The van der Waals surface area contributed by atoms with Crippen LogP contribution in [0.2, 0.25) is 0 Å². The van der Waals surface area contributed by atoms with Crippen molar-refractivity contribution in [3.8, 4) is 5.75 Å². The van der Waals surface area contributed by atoms with Crippen LogP contribution in [0.15, 0.2) is 35.5 Å².